The Balaban J connectivity index is 2.61. The molecule has 0 aromatic carbocycles. The minimum absolute atomic E-state index is 0.0524. The van der Waals surface area contributed by atoms with Crippen LogP contribution < -0.4 is 0 Å². The summed E-state index contributed by atoms with van der Waals surface area (Å²) in [6.45, 7) is 1.77. The molecule has 1 N–H and O–H groups in total. The van der Waals surface area contributed by atoms with Gasteiger partial charge in [-0.05, 0) is 19.3 Å². The van der Waals surface area contributed by atoms with E-state index in [-0.39, 0.29) is 11.8 Å². The Morgan fingerprint density at radius 1 is 1.47 bits per heavy atom. The van der Waals surface area contributed by atoms with Crippen LogP contribution in [0.15, 0.2) is 12.2 Å². The summed E-state index contributed by atoms with van der Waals surface area (Å²) in [5.74, 6) is -1.04. The van der Waals surface area contributed by atoms with Crippen molar-refractivity contribution in [2.75, 3.05) is 7.05 Å². The zero-order chi connectivity index (χ0) is 11.4. The number of carbonyl (C=O) groups excluding carboxylic acids is 1. The Hall–Kier alpha value is -1.32. The normalized spacial score (nSPS) is 17.7. The highest BCUT2D eigenvalue weighted by molar-refractivity contribution is 5.85. The number of carbonyl (C=O) groups is 2. The van der Waals surface area contributed by atoms with E-state index in [0.717, 1.165) is 12.8 Å². The number of nitrogens with zero attached hydrogens (tertiary/aromatic N) is 1. The van der Waals surface area contributed by atoms with Gasteiger partial charge in [0, 0.05) is 13.0 Å². The van der Waals surface area contributed by atoms with Crippen molar-refractivity contribution in [1.29, 1.82) is 0 Å². The molecule has 84 valence electrons. The lowest BCUT2D eigenvalue weighted by Crippen LogP contribution is -2.44. The number of rotatable bonds is 4. The molecule has 0 fully saturated rings. The van der Waals surface area contributed by atoms with Gasteiger partial charge in [0.25, 0.3) is 0 Å². The van der Waals surface area contributed by atoms with Gasteiger partial charge in [-0.1, -0.05) is 19.1 Å². The van der Waals surface area contributed by atoms with Gasteiger partial charge in [-0.3, -0.25) is 4.79 Å². The number of allylic oxidation sites excluding steroid dienone is 2. The lowest BCUT2D eigenvalue weighted by molar-refractivity contribution is -0.150. The lowest BCUT2D eigenvalue weighted by atomic mass is 10.0. The number of amides is 1. The van der Waals surface area contributed by atoms with E-state index in [9.17, 15) is 9.59 Å². The molecule has 0 spiro atoms. The van der Waals surface area contributed by atoms with Crippen molar-refractivity contribution in [1.82, 2.24) is 4.90 Å². The number of hydrogen-bond acceptors (Lipinski definition) is 2. The smallest absolute Gasteiger partial charge is 0.326 e. The molecule has 15 heavy (non-hydrogen) atoms. The van der Waals surface area contributed by atoms with Crippen molar-refractivity contribution in [2.24, 2.45) is 5.92 Å². The molecular formula is C11H17NO3. The lowest BCUT2D eigenvalue weighted by Gasteiger charge is -2.26. The molecule has 0 radical (unpaired) electrons. The first-order chi connectivity index (χ1) is 7.07. The van der Waals surface area contributed by atoms with E-state index in [0.29, 0.717) is 6.42 Å². The van der Waals surface area contributed by atoms with Crippen LogP contribution in [0.2, 0.25) is 0 Å². The molecule has 0 bridgehead atoms. The summed E-state index contributed by atoms with van der Waals surface area (Å²) in [6.07, 6.45) is 5.85. The summed E-state index contributed by atoms with van der Waals surface area (Å²) in [7, 11) is 1.57. The summed E-state index contributed by atoms with van der Waals surface area (Å²) in [5.41, 5.74) is 0. The molecule has 4 heteroatoms. The number of aliphatic carboxylic acids is 1. The molecule has 0 saturated carbocycles. The van der Waals surface area contributed by atoms with Crippen LogP contribution in [0.25, 0.3) is 0 Å². The van der Waals surface area contributed by atoms with Crippen molar-refractivity contribution in [2.45, 2.75) is 32.2 Å². The summed E-state index contributed by atoms with van der Waals surface area (Å²) in [6, 6.07) is -0.696. The average molecular weight is 211 g/mol. The van der Waals surface area contributed by atoms with E-state index in [2.05, 4.69) is 0 Å². The fourth-order valence-corrected chi connectivity index (χ4v) is 1.87. The van der Waals surface area contributed by atoms with Crippen molar-refractivity contribution in [3.63, 3.8) is 0 Å². The first-order valence-corrected chi connectivity index (χ1v) is 5.22. The minimum Gasteiger partial charge on any atom is -0.480 e. The molecule has 0 saturated heterocycles. The van der Waals surface area contributed by atoms with Crippen LogP contribution in [0.4, 0.5) is 0 Å². The SMILES string of the molecule is CCC(C(=O)O)N(C)C(=O)C1CC=CC1. The Labute approximate surface area is 89.6 Å². The molecule has 0 heterocycles. The second-order valence-corrected chi connectivity index (χ2v) is 3.85. The fraction of sp³-hybridized carbons (Fsp3) is 0.636. The van der Waals surface area contributed by atoms with Crippen molar-refractivity contribution in [3.05, 3.63) is 12.2 Å². The van der Waals surface area contributed by atoms with Crippen LogP contribution in [-0.4, -0.2) is 35.0 Å². The molecule has 0 aromatic rings. The van der Waals surface area contributed by atoms with Gasteiger partial charge < -0.3 is 10.0 Å². The van der Waals surface area contributed by atoms with Crippen LogP contribution in [-0.2, 0) is 9.59 Å². The quantitative estimate of drug-likeness (QED) is 0.712. The summed E-state index contributed by atoms with van der Waals surface area (Å²) in [5, 5.41) is 8.93. The predicted octanol–water partition coefficient (Wildman–Crippen LogP) is 1.27. The Morgan fingerprint density at radius 2 is 2.00 bits per heavy atom. The van der Waals surface area contributed by atoms with E-state index in [1.54, 1.807) is 14.0 Å². The zero-order valence-electron chi connectivity index (χ0n) is 9.14. The molecule has 1 aliphatic rings. The zero-order valence-corrected chi connectivity index (χ0v) is 9.14. The van der Waals surface area contributed by atoms with Gasteiger partial charge in [0.05, 0.1) is 0 Å². The number of carboxylic acids is 1. The molecule has 0 aliphatic heterocycles. The summed E-state index contributed by atoms with van der Waals surface area (Å²) >= 11 is 0. The third-order valence-electron chi connectivity index (χ3n) is 2.84. The van der Waals surface area contributed by atoms with E-state index >= 15 is 0 Å². The van der Waals surface area contributed by atoms with Crippen molar-refractivity contribution >= 4 is 11.9 Å². The van der Waals surface area contributed by atoms with E-state index in [1.807, 2.05) is 12.2 Å². The fourth-order valence-electron chi connectivity index (χ4n) is 1.87. The van der Waals surface area contributed by atoms with Crippen molar-refractivity contribution in [3.8, 4) is 0 Å². The molecule has 0 aromatic heterocycles. The third kappa shape index (κ3) is 2.58. The number of carboxylic acid groups (broad SMARTS) is 1. The number of likely N-dealkylation sites (N-methyl/N-ethyl adjacent to an activating group) is 1. The van der Waals surface area contributed by atoms with Gasteiger partial charge in [0.15, 0.2) is 0 Å². The first kappa shape index (κ1) is 11.8. The molecular weight excluding hydrogens is 194 g/mol. The van der Waals surface area contributed by atoms with Crippen LogP contribution in [0.1, 0.15) is 26.2 Å². The highest BCUT2D eigenvalue weighted by Crippen LogP contribution is 2.21. The second-order valence-electron chi connectivity index (χ2n) is 3.85. The highest BCUT2D eigenvalue weighted by atomic mass is 16.4. The Kier molecular flexibility index (Phi) is 3.88. The van der Waals surface area contributed by atoms with Gasteiger partial charge >= 0.3 is 5.97 Å². The highest BCUT2D eigenvalue weighted by Gasteiger charge is 2.29. The Bertz CT molecular complexity index is 278. The minimum atomic E-state index is -0.931. The monoisotopic (exact) mass is 211 g/mol. The van der Waals surface area contributed by atoms with Gasteiger partial charge in [-0.2, -0.15) is 0 Å². The number of hydrogen-bond donors (Lipinski definition) is 1. The first-order valence-electron chi connectivity index (χ1n) is 5.22. The topological polar surface area (TPSA) is 57.6 Å². The summed E-state index contributed by atoms with van der Waals surface area (Å²) in [4.78, 5) is 24.1. The maximum atomic E-state index is 11.9. The van der Waals surface area contributed by atoms with Gasteiger partial charge in [-0.15, -0.1) is 0 Å². The largest absolute Gasteiger partial charge is 0.480 e. The third-order valence-corrected chi connectivity index (χ3v) is 2.84. The Morgan fingerprint density at radius 3 is 2.40 bits per heavy atom. The molecule has 1 unspecified atom stereocenters. The van der Waals surface area contributed by atoms with E-state index < -0.39 is 12.0 Å². The van der Waals surface area contributed by atoms with Gasteiger partial charge in [-0.25, -0.2) is 4.79 Å². The molecule has 1 atom stereocenters. The summed E-state index contributed by atoms with van der Waals surface area (Å²) < 4.78 is 0. The van der Waals surface area contributed by atoms with Gasteiger partial charge in [0.2, 0.25) is 5.91 Å². The van der Waals surface area contributed by atoms with E-state index in [4.69, 9.17) is 5.11 Å². The van der Waals surface area contributed by atoms with Gasteiger partial charge in [0.1, 0.15) is 6.04 Å². The standard InChI is InChI=1S/C11H17NO3/c1-3-9(11(14)15)12(2)10(13)8-6-4-5-7-8/h4-5,8-9H,3,6-7H2,1-2H3,(H,14,15). The maximum Gasteiger partial charge on any atom is 0.326 e. The van der Waals surface area contributed by atoms with E-state index in [1.165, 1.54) is 4.90 Å². The maximum absolute atomic E-state index is 11.9. The second kappa shape index (κ2) is 4.96. The molecule has 1 aliphatic carbocycles. The van der Waals surface area contributed by atoms with Crippen LogP contribution in [0, 0.1) is 5.92 Å². The molecule has 4 nitrogen and oxygen atoms in total. The predicted molar refractivity (Wildman–Crippen MR) is 56.3 cm³/mol. The molecule has 1 amide bonds. The average Bonchev–Trinajstić information content (AvgIpc) is 2.69. The molecule has 1 rings (SSSR count). The van der Waals surface area contributed by atoms with Crippen LogP contribution in [0.5, 0.6) is 0 Å². The van der Waals surface area contributed by atoms with Crippen LogP contribution >= 0.6 is 0 Å². The van der Waals surface area contributed by atoms with Crippen LogP contribution in [0.3, 0.4) is 0 Å². The van der Waals surface area contributed by atoms with Crippen molar-refractivity contribution < 1.29 is 14.7 Å².